The van der Waals surface area contributed by atoms with E-state index in [0.29, 0.717) is 15.0 Å². The molecule has 0 fully saturated rings. The molecule has 2 rings (SSSR count). The molecule has 0 atom stereocenters. The number of allylic oxidation sites excluding steroid dienone is 2. The Morgan fingerprint density at radius 3 is 2.18 bits per heavy atom. The summed E-state index contributed by atoms with van der Waals surface area (Å²) in [5.74, 6) is 0. The molecule has 0 aliphatic heterocycles. The maximum atomic E-state index is 5.93. The topological polar surface area (TPSA) is 0 Å². The van der Waals surface area contributed by atoms with E-state index in [1.165, 1.54) is 15.2 Å². The molecular weight excluding hydrogens is 371 g/mol. The number of hydrogen-bond donors (Lipinski definition) is 0. The summed E-state index contributed by atoms with van der Waals surface area (Å²) in [7, 11) is -1.35. The van der Waals surface area contributed by atoms with Gasteiger partial charge in [-0.05, 0) is 0 Å². The van der Waals surface area contributed by atoms with Gasteiger partial charge in [0.15, 0.2) is 0 Å². The van der Waals surface area contributed by atoms with E-state index in [1.54, 1.807) is 0 Å². The van der Waals surface area contributed by atoms with Gasteiger partial charge in [0.25, 0.3) is 0 Å². The normalized spacial score (nSPS) is 12.8. The molecule has 2 aromatic carbocycles. The zero-order valence-electron chi connectivity index (χ0n) is 13.2. The van der Waals surface area contributed by atoms with E-state index < -0.39 is 8.07 Å². The first-order chi connectivity index (χ1) is 10.4. The van der Waals surface area contributed by atoms with Gasteiger partial charge in [0.1, 0.15) is 0 Å². The van der Waals surface area contributed by atoms with Crippen LogP contribution in [0.3, 0.4) is 0 Å². The molecule has 0 aliphatic carbocycles. The Morgan fingerprint density at radius 2 is 1.59 bits per heavy atom. The van der Waals surface area contributed by atoms with E-state index in [9.17, 15) is 0 Å². The van der Waals surface area contributed by atoms with Gasteiger partial charge in [-0.1, -0.05) is 0 Å². The van der Waals surface area contributed by atoms with Gasteiger partial charge in [-0.25, -0.2) is 0 Å². The van der Waals surface area contributed by atoms with Crippen LogP contribution in [-0.4, -0.2) is 23.0 Å². The van der Waals surface area contributed by atoms with Gasteiger partial charge in [0.2, 0.25) is 0 Å². The molecule has 0 amide bonds. The van der Waals surface area contributed by atoms with Crippen molar-refractivity contribution in [3.63, 3.8) is 0 Å². The average molecular weight is 392 g/mol. The Labute approximate surface area is 146 Å². The van der Waals surface area contributed by atoms with Gasteiger partial charge in [-0.2, -0.15) is 0 Å². The van der Waals surface area contributed by atoms with Gasteiger partial charge >= 0.3 is 146 Å². The van der Waals surface area contributed by atoms with Crippen LogP contribution >= 0.6 is 11.6 Å². The number of hydrogen-bond acceptors (Lipinski definition) is 0. The van der Waals surface area contributed by atoms with E-state index in [4.69, 9.17) is 11.6 Å². The molecule has 0 saturated heterocycles. The molecule has 0 heterocycles. The monoisotopic (exact) mass is 392 g/mol. The minimum absolute atomic E-state index is 0.347. The fraction of sp³-hybridized carbons (Fsp3) is 0.158. The second kappa shape index (κ2) is 7.98. The number of rotatable bonds is 5. The molecular formula is C19H21ClSeSi. The standard InChI is InChI=1S/C19H21ClSeSi/c1-22(2,3)19(15-16-7-5-4-6-8-16)13-14-21-18-11-9-17(20)10-12-18/h4-15H,1-3H3/b14-13+,19-15-. The molecule has 0 unspecified atom stereocenters. The van der Waals surface area contributed by atoms with Crippen molar-refractivity contribution < 1.29 is 0 Å². The summed E-state index contributed by atoms with van der Waals surface area (Å²) in [4.78, 5) is 2.32. The molecule has 0 aliphatic rings. The van der Waals surface area contributed by atoms with Gasteiger partial charge in [-0.3, -0.25) is 0 Å². The third kappa shape index (κ3) is 5.62. The Morgan fingerprint density at radius 1 is 0.955 bits per heavy atom. The van der Waals surface area contributed by atoms with Gasteiger partial charge in [0.05, 0.1) is 0 Å². The van der Waals surface area contributed by atoms with Gasteiger partial charge in [0, 0.05) is 0 Å². The van der Waals surface area contributed by atoms with Gasteiger partial charge < -0.3 is 0 Å². The van der Waals surface area contributed by atoms with E-state index >= 15 is 0 Å². The quantitative estimate of drug-likeness (QED) is 0.488. The fourth-order valence-electron chi connectivity index (χ4n) is 1.94. The minimum atomic E-state index is -1.35. The molecule has 3 heteroatoms. The van der Waals surface area contributed by atoms with Gasteiger partial charge in [-0.15, -0.1) is 0 Å². The predicted molar refractivity (Wildman–Crippen MR) is 104 cm³/mol. The second-order valence-corrected chi connectivity index (χ2v) is 13.7. The molecule has 0 spiro atoms. The van der Waals surface area contributed by atoms with Crippen LogP contribution in [-0.2, 0) is 0 Å². The molecule has 2 aromatic rings. The first kappa shape index (κ1) is 17.3. The van der Waals surface area contributed by atoms with Crippen LogP contribution in [0.15, 0.2) is 70.8 Å². The van der Waals surface area contributed by atoms with Crippen LogP contribution in [0, 0.1) is 0 Å². The third-order valence-corrected chi connectivity index (χ3v) is 7.26. The molecule has 0 saturated carbocycles. The van der Waals surface area contributed by atoms with Crippen molar-refractivity contribution in [2.45, 2.75) is 19.6 Å². The predicted octanol–water partition coefficient (Wildman–Crippen LogP) is 5.14. The first-order valence-electron chi connectivity index (χ1n) is 7.31. The maximum absolute atomic E-state index is 5.93. The molecule has 0 nitrogen and oxygen atoms in total. The summed E-state index contributed by atoms with van der Waals surface area (Å²) < 4.78 is 1.35. The summed E-state index contributed by atoms with van der Waals surface area (Å²) in [6.45, 7) is 7.17. The number of benzene rings is 2. The molecule has 22 heavy (non-hydrogen) atoms. The second-order valence-electron chi connectivity index (χ2n) is 6.13. The van der Waals surface area contributed by atoms with Crippen LogP contribution in [0.1, 0.15) is 5.56 Å². The van der Waals surface area contributed by atoms with E-state index in [0.717, 1.165) is 5.02 Å². The van der Waals surface area contributed by atoms with Crippen molar-refractivity contribution in [3.05, 3.63) is 81.4 Å². The zero-order chi connectivity index (χ0) is 16.0. The Bertz CT molecular complexity index is 652. The van der Waals surface area contributed by atoms with Crippen molar-refractivity contribution in [1.82, 2.24) is 0 Å². The van der Waals surface area contributed by atoms with Crippen LogP contribution < -0.4 is 4.46 Å². The summed E-state index contributed by atoms with van der Waals surface area (Å²) in [5, 5.41) is 2.28. The van der Waals surface area contributed by atoms with Crippen LogP contribution in [0.2, 0.25) is 24.7 Å². The average Bonchev–Trinajstić information content (AvgIpc) is 2.48. The molecule has 0 N–H and O–H groups in total. The van der Waals surface area contributed by atoms with E-state index in [2.05, 4.69) is 79.2 Å². The van der Waals surface area contributed by atoms with Crippen molar-refractivity contribution in [2.24, 2.45) is 0 Å². The van der Waals surface area contributed by atoms with Crippen LogP contribution in [0.25, 0.3) is 6.08 Å². The van der Waals surface area contributed by atoms with Crippen molar-refractivity contribution in [3.8, 4) is 0 Å². The Kier molecular flexibility index (Phi) is 6.28. The molecule has 114 valence electrons. The van der Waals surface area contributed by atoms with Crippen molar-refractivity contribution in [1.29, 1.82) is 0 Å². The summed E-state index contributed by atoms with van der Waals surface area (Å²) in [5.41, 5.74) is 1.28. The van der Waals surface area contributed by atoms with E-state index in [1.807, 2.05) is 12.1 Å². The molecule has 0 aromatic heterocycles. The Hall–Kier alpha value is -1.05. The SMILES string of the molecule is C[Si](C)(C)C(=C\c1ccccc1)/C=C/[Se]c1ccc(Cl)cc1. The molecule has 0 bridgehead atoms. The van der Waals surface area contributed by atoms with E-state index in [-0.39, 0.29) is 0 Å². The third-order valence-electron chi connectivity index (χ3n) is 3.25. The zero-order valence-corrected chi connectivity index (χ0v) is 16.7. The summed E-state index contributed by atoms with van der Waals surface area (Å²) in [6, 6.07) is 18.7. The summed E-state index contributed by atoms with van der Waals surface area (Å²) >= 11 is 6.28. The number of halogens is 1. The Balaban J connectivity index is 2.15. The van der Waals surface area contributed by atoms with Crippen LogP contribution in [0.5, 0.6) is 0 Å². The first-order valence-corrected chi connectivity index (χ1v) is 13.0. The fourth-order valence-corrected chi connectivity index (χ4v) is 4.92. The van der Waals surface area contributed by atoms with Crippen molar-refractivity contribution >= 4 is 45.2 Å². The van der Waals surface area contributed by atoms with Crippen LogP contribution in [0.4, 0.5) is 0 Å². The summed E-state index contributed by atoms with van der Waals surface area (Å²) in [6.07, 6.45) is 4.66. The van der Waals surface area contributed by atoms with Crippen molar-refractivity contribution in [2.75, 3.05) is 0 Å². The molecule has 0 radical (unpaired) electrons.